The van der Waals surface area contributed by atoms with Crippen LogP contribution in [0.1, 0.15) is 22.8 Å². The Balaban J connectivity index is 1.93. The van der Waals surface area contributed by atoms with E-state index in [2.05, 4.69) is 10.3 Å². The number of hydrogen-bond acceptors (Lipinski definition) is 3. The van der Waals surface area contributed by atoms with Crippen LogP contribution in [-0.4, -0.2) is 35.3 Å². The van der Waals surface area contributed by atoms with Gasteiger partial charge in [-0.25, -0.2) is 0 Å². The molecule has 0 bridgehead atoms. The van der Waals surface area contributed by atoms with Gasteiger partial charge in [-0.3, -0.25) is 14.6 Å². The molecular weight excluding hydrogens is 278 g/mol. The summed E-state index contributed by atoms with van der Waals surface area (Å²) < 4.78 is 0. The van der Waals surface area contributed by atoms with Crippen LogP contribution in [0, 0.1) is 0 Å². The van der Waals surface area contributed by atoms with Crippen molar-refractivity contribution in [3.05, 3.63) is 59.9 Å². The van der Waals surface area contributed by atoms with Crippen molar-refractivity contribution in [2.45, 2.75) is 13.3 Å². The van der Waals surface area contributed by atoms with Crippen molar-refractivity contribution >= 4 is 17.5 Å². The molecule has 0 radical (unpaired) electrons. The zero-order valence-corrected chi connectivity index (χ0v) is 12.7. The largest absolute Gasteiger partial charge is 0.341 e. The number of aromatic nitrogens is 1. The Morgan fingerprint density at radius 3 is 2.32 bits per heavy atom. The number of nitrogens with zero attached hydrogens (tertiary/aromatic N) is 2. The number of carbonyl (C=O) groups excluding carboxylic acids is 2. The van der Waals surface area contributed by atoms with Gasteiger partial charge in [0, 0.05) is 44.2 Å². The summed E-state index contributed by atoms with van der Waals surface area (Å²) in [7, 11) is 1.78. The lowest BCUT2D eigenvalue weighted by molar-refractivity contribution is -0.114. The molecule has 0 unspecified atom stereocenters. The Labute approximate surface area is 130 Å². The fourth-order valence-corrected chi connectivity index (χ4v) is 2.07. The van der Waals surface area contributed by atoms with E-state index in [1.165, 1.54) is 6.92 Å². The van der Waals surface area contributed by atoms with Crippen LogP contribution < -0.4 is 5.32 Å². The van der Waals surface area contributed by atoms with E-state index in [9.17, 15) is 9.59 Å². The van der Waals surface area contributed by atoms with Crippen LogP contribution in [0.15, 0.2) is 48.8 Å². The van der Waals surface area contributed by atoms with Crippen LogP contribution in [0.5, 0.6) is 0 Å². The minimum atomic E-state index is -0.131. The monoisotopic (exact) mass is 297 g/mol. The third kappa shape index (κ3) is 4.41. The Morgan fingerprint density at radius 2 is 1.73 bits per heavy atom. The Morgan fingerprint density at radius 1 is 1.09 bits per heavy atom. The van der Waals surface area contributed by atoms with Gasteiger partial charge in [-0.15, -0.1) is 0 Å². The van der Waals surface area contributed by atoms with E-state index in [-0.39, 0.29) is 11.8 Å². The lowest BCUT2D eigenvalue weighted by atomic mass is 10.1. The molecule has 1 aromatic carbocycles. The predicted octanol–water partition coefficient (Wildman–Crippen LogP) is 2.35. The third-order valence-corrected chi connectivity index (χ3v) is 3.28. The smallest absolute Gasteiger partial charge is 0.253 e. The lowest BCUT2D eigenvalue weighted by Gasteiger charge is -2.17. The summed E-state index contributed by atoms with van der Waals surface area (Å²) in [6.07, 6.45) is 4.28. The van der Waals surface area contributed by atoms with E-state index >= 15 is 0 Å². The SMILES string of the molecule is CC(=O)Nc1ccc(C(=O)N(C)CCc2ccncc2)cc1. The van der Waals surface area contributed by atoms with E-state index in [4.69, 9.17) is 0 Å². The van der Waals surface area contributed by atoms with Crippen LogP contribution >= 0.6 is 0 Å². The van der Waals surface area contributed by atoms with Crippen molar-refractivity contribution in [1.29, 1.82) is 0 Å². The molecule has 5 nitrogen and oxygen atoms in total. The summed E-state index contributed by atoms with van der Waals surface area (Å²) in [6.45, 7) is 2.09. The first-order valence-electron chi connectivity index (χ1n) is 7.08. The summed E-state index contributed by atoms with van der Waals surface area (Å²) >= 11 is 0. The number of pyridine rings is 1. The Hall–Kier alpha value is -2.69. The number of benzene rings is 1. The fourth-order valence-electron chi connectivity index (χ4n) is 2.07. The number of rotatable bonds is 5. The molecule has 0 aliphatic heterocycles. The molecule has 1 aromatic heterocycles. The maximum Gasteiger partial charge on any atom is 0.253 e. The van der Waals surface area contributed by atoms with Crippen LogP contribution in [0.25, 0.3) is 0 Å². The van der Waals surface area contributed by atoms with Crippen molar-refractivity contribution in [3.8, 4) is 0 Å². The highest BCUT2D eigenvalue weighted by atomic mass is 16.2. The maximum absolute atomic E-state index is 12.3. The molecule has 0 saturated carbocycles. The van der Waals surface area contributed by atoms with Crippen molar-refractivity contribution in [2.24, 2.45) is 0 Å². The first-order chi connectivity index (χ1) is 10.6. The fraction of sp³-hybridized carbons (Fsp3) is 0.235. The summed E-state index contributed by atoms with van der Waals surface area (Å²) in [5.74, 6) is -0.169. The minimum Gasteiger partial charge on any atom is -0.341 e. The first-order valence-corrected chi connectivity index (χ1v) is 7.08. The zero-order valence-electron chi connectivity index (χ0n) is 12.7. The van der Waals surface area contributed by atoms with E-state index in [1.807, 2.05) is 12.1 Å². The van der Waals surface area contributed by atoms with Gasteiger partial charge >= 0.3 is 0 Å². The standard InChI is InChI=1S/C17H19N3O2/c1-13(21)19-16-5-3-15(4-6-16)17(22)20(2)12-9-14-7-10-18-11-8-14/h3-8,10-11H,9,12H2,1-2H3,(H,19,21). The highest BCUT2D eigenvalue weighted by Crippen LogP contribution is 2.11. The molecule has 2 amide bonds. The molecule has 0 spiro atoms. The Kier molecular flexibility index (Phi) is 5.25. The van der Waals surface area contributed by atoms with Crippen LogP contribution in [0.3, 0.4) is 0 Å². The van der Waals surface area contributed by atoms with Gasteiger partial charge in [0.05, 0.1) is 0 Å². The second-order valence-corrected chi connectivity index (χ2v) is 5.09. The van der Waals surface area contributed by atoms with E-state index in [0.29, 0.717) is 17.8 Å². The summed E-state index contributed by atoms with van der Waals surface area (Å²) in [4.78, 5) is 29.0. The lowest BCUT2D eigenvalue weighted by Crippen LogP contribution is -2.28. The highest BCUT2D eigenvalue weighted by Gasteiger charge is 2.11. The van der Waals surface area contributed by atoms with Gasteiger partial charge in [0.15, 0.2) is 0 Å². The average molecular weight is 297 g/mol. The summed E-state index contributed by atoms with van der Waals surface area (Å²) in [6, 6.07) is 10.8. The normalized spacial score (nSPS) is 10.1. The molecule has 2 aromatic rings. The summed E-state index contributed by atoms with van der Waals surface area (Å²) in [5, 5.41) is 2.68. The van der Waals surface area contributed by atoms with Crippen LogP contribution in [0.2, 0.25) is 0 Å². The molecule has 5 heteroatoms. The van der Waals surface area contributed by atoms with Crippen LogP contribution in [-0.2, 0) is 11.2 Å². The van der Waals surface area contributed by atoms with E-state index < -0.39 is 0 Å². The Bertz CT molecular complexity index is 639. The highest BCUT2D eigenvalue weighted by molar-refractivity contribution is 5.95. The second kappa shape index (κ2) is 7.36. The van der Waals surface area contributed by atoms with Crippen LogP contribution in [0.4, 0.5) is 5.69 Å². The molecule has 0 aliphatic carbocycles. The van der Waals surface area contributed by atoms with Crippen molar-refractivity contribution < 1.29 is 9.59 Å². The molecule has 0 aliphatic rings. The molecule has 0 saturated heterocycles. The quantitative estimate of drug-likeness (QED) is 0.921. The van der Waals surface area contributed by atoms with Gasteiger partial charge in [0.25, 0.3) is 5.91 Å². The van der Waals surface area contributed by atoms with Gasteiger partial charge < -0.3 is 10.2 Å². The number of likely N-dealkylation sites (N-methyl/N-ethyl adjacent to an activating group) is 1. The molecule has 0 fully saturated rings. The molecule has 2 rings (SSSR count). The van der Waals surface area contributed by atoms with Crippen molar-refractivity contribution in [1.82, 2.24) is 9.88 Å². The number of amides is 2. The topological polar surface area (TPSA) is 62.3 Å². The molecule has 22 heavy (non-hydrogen) atoms. The summed E-state index contributed by atoms with van der Waals surface area (Å²) in [5.41, 5.74) is 2.44. The van der Waals surface area contributed by atoms with E-state index in [0.717, 1.165) is 12.0 Å². The maximum atomic E-state index is 12.3. The third-order valence-electron chi connectivity index (χ3n) is 3.28. The van der Waals surface area contributed by atoms with Gasteiger partial charge in [-0.05, 0) is 48.4 Å². The molecule has 1 heterocycles. The van der Waals surface area contributed by atoms with Gasteiger partial charge in [-0.2, -0.15) is 0 Å². The van der Waals surface area contributed by atoms with Gasteiger partial charge in [-0.1, -0.05) is 0 Å². The minimum absolute atomic E-state index is 0.0385. The number of hydrogen-bond donors (Lipinski definition) is 1. The van der Waals surface area contributed by atoms with Crippen molar-refractivity contribution in [3.63, 3.8) is 0 Å². The molecular formula is C17H19N3O2. The van der Waals surface area contributed by atoms with E-state index in [1.54, 1.807) is 48.6 Å². The first kappa shape index (κ1) is 15.7. The molecule has 1 N–H and O–H groups in total. The second-order valence-electron chi connectivity index (χ2n) is 5.09. The molecule has 0 atom stereocenters. The van der Waals surface area contributed by atoms with Gasteiger partial charge in [0.2, 0.25) is 5.91 Å². The predicted molar refractivity (Wildman–Crippen MR) is 85.6 cm³/mol. The molecule has 114 valence electrons. The number of anilines is 1. The number of carbonyl (C=O) groups is 2. The number of nitrogens with one attached hydrogen (secondary N) is 1. The van der Waals surface area contributed by atoms with Gasteiger partial charge in [0.1, 0.15) is 0 Å². The average Bonchev–Trinajstić information content (AvgIpc) is 2.53. The van der Waals surface area contributed by atoms with Crippen molar-refractivity contribution in [2.75, 3.05) is 18.9 Å². The zero-order chi connectivity index (χ0) is 15.9.